The van der Waals surface area contributed by atoms with Gasteiger partial charge in [0.15, 0.2) is 5.78 Å². The van der Waals surface area contributed by atoms with Crippen LogP contribution in [0.1, 0.15) is 119 Å². The highest BCUT2D eigenvalue weighted by Crippen LogP contribution is 2.40. The van der Waals surface area contributed by atoms with E-state index < -0.39 is 5.92 Å². The first-order valence-electron chi connectivity index (χ1n) is 16.1. The van der Waals surface area contributed by atoms with E-state index in [2.05, 4.69) is 29.5 Å². The number of nitrogens with one attached hydrogen (secondary N) is 3. The van der Waals surface area contributed by atoms with Crippen LogP contribution in [0.5, 0.6) is 0 Å². The lowest BCUT2D eigenvalue weighted by Gasteiger charge is -2.31. The highest BCUT2D eigenvalue weighted by molar-refractivity contribution is 6.30. The van der Waals surface area contributed by atoms with Gasteiger partial charge in [0.2, 0.25) is 11.5 Å². The van der Waals surface area contributed by atoms with Crippen LogP contribution in [0.3, 0.4) is 0 Å². The summed E-state index contributed by atoms with van der Waals surface area (Å²) < 4.78 is 33.7. The summed E-state index contributed by atoms with van der Waals surface area (Å²) in [7, 11) is 0. The maximum Gasteiger partial charge on any atom is 0.252 e. The van der Waals surface area contributed by atoms with Crippen LogP contribution in [0.15, 0.2) is 45.5 Å². The number of H-pyrrole nitrogens is 1. The monoisotopic (exact) mass is 641 g/mol. The van der Waals surface area contributed by atoms with Crippen molar-refractivity contribution < 1.29 is 23.1 Å². The highest BCUT2D eigenvalue weighted by atomic mass is 35.5. The molecule has 0 saturated carbocycles. The van der Waals surface area contributed by atoms with Crippen LogP contribution in [0.4, 0.5) is 8.78 Å². The zero-order valence-electron chi connectivity index (χ0n) is 27.6. The summed E-state index contributed by atoms with van der Waals surface area (Å²) in [5, 5.41) is 6.85. The van der Waals surface area contributed by atoms with Gasteiger partial charge in [-0.3, -0.25) is 14.4 Å². The normalized spacial score (nSPS) is 18.9. The SMILES string of the molecule is CCC(C)=C(C(C)=O)C1=C(NCC2CCCCO2)CCC(F)(F)C1.CCCCC(CCC)NC(C)=O.O=c1ccc(Cl)c[nH]1. The van der Waals surface area contributed by atoms with Crippen molar-refractivity contribution in [1.29, 1.82) is 0 Å². The number of unbranched alkanes of at least 4 members (excludes halogenated alkanes) is 1. The Balaban J connectivity index is 0.000000400. The topological polar surface area (TPSA) is 100 Å². The van der Waals surface area contributed by atoms with Gasteiger partial charge in [0.1, 0.15) is 0 Å². The summed E-state index contributed by atoms with van der Waals surface area (Å²) in [5.41, 5.74) is 2.55. The lowest BCUT2D eigenvalue weighted by atomic mass is 9.84. The second-order valence-corrected chi connectivity index (χ2v) is 12.1. The van der Waals surface area contributed by atoms with E-state index in [0.717, 1.165) is 56.4 Å². The Kier molecular flexibility index (Phi) is 19.1. The van der Waals surface area contributed by atoms with Crippen LogP contribution in [0.25, 0.3) is 0 Å². The van der Waals surface area contributed by atoms with Crippen molar-refractivity contribution in [2.45, 2.75) is 137 Å². The molecular weight excluding hydrogens is 588 g/mol. The average molecular weight is 642 g/mol. The molecule has 2 unspecified atom stereocenters. The van der Waals surface area contributed by atoms with E-state index in [0.29, 0.717) is 35.2 Å². The van der Waals surface area contributed by atoms with Crippen LogP contribution >= 0.6 is 11.6 Å². The van der Waals surface area contributed by atoms with Crippen molar-refractivity contribution in [3.63, 3.8) is 0 Å². The first-order chi connectivity index (χ1) is 20.8. The van der Waals surface area contributed by atoms with Crippen LogP contribution < -0.4 is 16.2 Å². The molecule has 1 aliphatic heterocycles. The fourth-order valence-electron chi connectivity index (χ4n) is 5.27. The number of aromatic nitrogens is 1. The van der Waals surface area contributed by atoms with Gasteiger partial charge in [0.05, 0.1) is 11.1 Å². The second kappa shape index (κ2) is 21.3. The van der Waals surface area contributed by atoms with Gasteiger partial charge in [-0.2, -0.15) is 0 Å². The van der Waals surface area contributed by atoms with E-state index in [9.17, 15) is 23.2 Å². The molecule has 1 aromatic rings. The molecule has 1 aliphatic carbocycles. The number of carbonyl (C=O) groups is 2. The van der Waals surface area contributed by atoms with Gasteiger partial charge < -0.3 is 20.4 Å². The molecule has 3 N–H and O–H groups in total. The number of rotatable bonds is 12. The van der Waals surface area contributed by atoms with Gasteiger partial charge in [-0.15, -0.1) is 0 Å². The van der Waals surface area contributed by atoms with Gasteiger partial charge in [-0.1, -0.05) is 57.2 Å². The molecule has 44 heavy (non-hydrogen) atoms. The quantitative estimate of drug-likeness (QED) is 0.201. The Morgan fingerprint density at radius 2 is 1.84 bits per heavy atom. The molecule has 10 heteroatoms. The van der Waals surface area contributed by atoms with Crippen molar-refractivity contribution in [1.82, 2.24) is 15.6 Å². The van der Waals surface area contributed by atoms with Crippen molar-refractivity contribution in [2.75, 3.05) is 13.2 Å². The number of halogens is 3. The van der Waals surface area contributed by atoms with Gasteiger partial charge in [0, 0.05) is 62.5 Å². The Bertz CT molecular complexity index is 1120. The van der Waals surface area contributed by atoms with Gasteiger partial charge in [0.25, 0.3) is 5.92 Å². The summed E-state index contributed by atoms with van der Waals surface area (Å²) >= 11 is 5.44. The predicted molar refractivity (Wildman–Crippen MR) is 175 cm³/mol. The standard InChI is InChI=1S/C19H29F2NO2.C10H21NO.C5H4ClNO/c1-4-13(2)18(14(3)23)16-11-19(20,21)9-8-17(16)22-12-15-7-5-6-10-24-15;1-4-6-8-10(7-5-2)11-9(3)12;6-4-1-2-5(8)7-3-4/h15,22H,4-12H2,1-3H3;10H,4-8H2,1-3H3,(H,11,12);1-3H,(H,7,8). The molecule has 7 nitrogen and oxygen atoms in total. The predicted octanol–water partition coefficient (Wildman–Crippen LogP) is 8.04. The lowest BCUT2D eigenvalue weighted by molar-refractivity contribution is -0.119. The minimum Gasteiger partial charge on any atom is -0.385 e. The van der Waals surface area contributed by atoms with Crippen molar-refractivity contribution in [2.24, 2.45) is 0 Å². The molecule has 0 radical (unpaired) electrons. The molecule has 3 rings (SSSR count). The molecular formula is C34H54ClF2N3O4. The van der Waals surface area contributed by atoms with E-state index >= 15 is 0 Å². The smallest absolute Gasteiger partial charge is 0.252 e. The molecule has 2 heterocycles. The second-order valence-electron chi connectivity index (χ2n) is 11.6. The summed E-state index contributed by atoms with van der Waals surface area (Å²) in [6, 6.07) is 3.33. The number of alkyl halides is 2. The van der Waals surface area contributed by atoms with Crippen molar-refractivity contribution in [3.05, 3.63) is 56.1 Å². The average Bonchev–Trinajstić information content (AvgIpc) is 2.97. The van der Waals surface area contributed by atoms with Crippen LogP contribution in [0, 0.1) is 0 Å². The van der Waals surface area contributed by atoms with Crippen LogP contribution in [-0.2, 0) is 14.3 Å². The summed E-state index contributed by atoms with van der Waals surface area (Å²) in [4.78, 5) is 35.6. The van der Waals surface area contributed by atoms with Gasteiger partial charge in [-0.05, 0) is 70.4 Å². The first kappa shape index (κ1) is 39.5. The number of carbonyl (C=O) groups excluding carboxylic acids is 2. The number of ketones is 1. The molecule has 0 bridgehead atoms. The largest absolute Gasteiger partial charge is 0.385 e. The fourth-order valence-corrected chi connectivity index (χ4v) is 5.38. The maximum atomic E-state index is 14.0. The third-order valence-corrected chi connectivity index (χ3v) is 7.90. The van der Waals surface area contributed by atoms with Crippen LogP contribution in [-0.4, -0.2) is 47.9 Å². The fraction of sp³-hybridized carbons (Fsp3) is 0.676. The van der Waals surface area contributed by atoms with E-state index in [4.69, 9.17) is 16.3 Å². The minimum atomic E-state index is -2.74. The number of ether oxygens (including phenoxy) is 1. The van der Waals surface area contributed by atoms with E-state index in [1.165, 1.54) is 32.0 Å². The Labute approximate surface area is 267 Å². The third-order valence-electron chi connectivity index (χ3n) is 7.67. The molecule has 1 amide bonds. The molecule has 2 atom stereocenters. The summed E-state index contributed by atoms with van der Waals surface area (Å²) in [6.45, 7) is 12.6. The molecule has 0 aromatic carbocycles. The zero-order valence-corrected chi connectivity index (χ0v) is 28.3. The lowest BCUT2D eigenvalue weighted by Crippen LogP contribution is -2.35. The molecule has 250 valence electrons. The number of Topliss-reactive ketones (excluding diaryl/α,β-unsaturated/α-hetero) is 1. The maximum absolute atomic E-state index is 14.0. The number of amides is 1. The van der Waals surface area contributed by atoms with Gasteiger partial charge >= 0.3 is 0 Å². The number of aromatic amines is 1. The molecule has 1 saturated heterocycles. The Morgan fingerprint density at radius 3 is 2.34 bits per heavy atom. The third kappa shape index (κ3) is 16.0. The summed E-state index contributed by atoms with van der Waals surface area (Å²) in [5.74, 6) is -2.77. The Morgan fingerprint density at radius 1 is 1.11 bits per heavy atom. The van der Waals surface area contributed by atoms with E-state index in [1.54, 1.807) is 13.0 Å². The zero-order chi connectivity index (χ0) is 33.1. The van der Waals surface area contributed by atoms with Crippen molar-refractivity contribution >= 4 is 23.3 Å². The molecule has 0 spiro atoms. The first-order valence-corrected chi connectivity index (χ1v) is 16.5. The number of allylic oxidation sites excluding steroid dienone is 4. The number of pyridine rings is 1. The molecule has 1 aromatic heterocycles. The minimum absolute atomic E-state index is 0.101. The molecule has 1 fully saturated rings. The number of hydrogen-bond donors (Lipinski definition) is 3. The summed E-state index contributed by atoms with van der Waals surface area (Å²) in [6.07, 6.45) is 11.1. The van der Waals surface area contributed by atoms with E-state index in [1.807, 2.05) is 13.8 Å². The number of hydrogen-bond acceptors (Lipinski definition) is 5. The highest BCUT2D eigenvalue weighted by Gasteiger charge is 2.37. The van der Waals surface area contributed by atoms with Gasteiger partial charge in [-0.25, -0.2) is 8.78 Å². The van der Waals surface area contributed by atoms with Crippen molar-refractivity contribution in [3.8, 4) is 0 Å². The Hall–Kier alpha value is -2.52. The molecule has 2 aliphatic rings. The van der Waals surface area contributed by atoms with E-state index in [-0.39, 0.29) is 42.6 Å². The van der Waals surface area contributed by atoms with Crippen LogP contribution in [0.2, 0.25) is 5.02 Å².